The zero-order valence-electron chi connectivity index (χ0n) is 11.6. The van der Waals surface area contributed by atoms with Gasteiger partial charge in [-0.3, -0.25) is 0 Å². The maximum absolute atomic E-state index is 12.6. The summed E-state index contributed by atoms with van der Waals surface area (Å²) in [6.45, 7) is 4.16. The van der Waals surface area contributed by atoms with Crippen molar-refractivity contribution in [2.24, 2.45) is 0 Å². The number of rotatable bonds is 3. The van der Waals surface area contributed by atoms with Gasteiger partial charge in [-0.2, -0.15) is 4.31 Å². The lowest BCUT2D eigenvalue weighted by molar-refractivity contribution is -0.0440. The summed E-state index contributed by atoms with van der Waals surface area (Å²) in [5.74, 6) is -1.14. The van der Waals surface area contributed by atoms with Crippen molar-refractivity contribution in [3.05, 3.63) is 27.3 Å². The molecule has 0 radical (unpaired) electrons. The predicted octanol–water partition coefficient (Wildman–Crippen LogP) is 1.79. The van der Waals surface area contributed by atoms with E-state index in [-0.39, 0.29) is 35.8 Å². The quantitative estimate of drug-likeness (QED) is 0.747. The Balaban J connectivity index is 2.40. The third kappa shape index (κ3) is 3.55. The van der Waals surface area contributed by atoms with E-state index in [1.807, 2.05) is 36.4 Å². The van der Waals surface area contributed by atoms with E-state index in [1.54, 1.807) is 0 Å². The topological polar surface area (TPSA) is 83.9 Å². The minimum absolute atomic E-state index is 0.00150. The highest BCUT2D eigenvalue weighted by Gasteiger charge is 2.32. The lowest BCUT2D eigenvalue weighted by Crippen LogP contribution is -2.48. The van der Waals surface area contributed by atoms with Crippen molar-refractivity contribution >= 4 is 38.6 Å². The molecule has 0 bridgehead atoms. The van der Waals surface area contributed by atoms with E-state index in [9.17, 15) is 13.2 Å². The molecule has 1 aliphatic rings. The van der Waals surface area contributed by atoms with E-state index in [2.05, 4.69) is 0 Å². The Morgan fingerprint density at radius 2 is 1.90 bits per heavy atom. The van der Waals surface area contributed by atoms with Crippen LogP contribution in [0.3, 0.4) is 0 Å². The molecule has 0 spiro atoms. The van der Waals surface area contributed by atoms with Crippen molar-refractivity contribution in [2.75, 3.05) is 13.1 Å². The van der Waals surface area contributed by atoms with E-state index in [0.29, 0.717) is 3.57 Å². The van der Waals surface area contributed by atoms with E-state index >= 15 is 0 Å². The largest absolute Gasteiger partial charge is 0.478 e. The highest BCUT2D eigenvalue weighted by molar-refractivity contribution is 14.1. The Morgan fingerprint density at radius 1 is 1.33 bits per heavy atom. The summed E-state index contributed by atoms with van der Waals surface area (Å²) in [6.07, 6.45) is -0.377. The van der Waals surface area contributed by atoms with Crippen LogP contribution < -0.4 is 0 Å². The molecule has 0 aliphatic carbocycles. The van der Waals surface area contributed by atoms with Gasteiger partial charge in [-0.1, -0.05) is 0 Å². The van der Waals surface area contributed by atoms with E-state index in [0.717, 1.165) is 0 Å². The minimum Gasteiger partial charge on any atom is -0.478 e. The molecule has 1 aromatic carbocycles. The molecule has 0 aromatic heterocycles. The molecular weight excluding hydrogens is 409 g/mol. The second kappa shape index (κ2) is 6.19. The van der Waals surface area contributed by atoms with Crippen molar-refractivity contribution in [1.82, 2.24) is 4.31 Å². The van der Waals surface area contributed by atoms with Crippen LogP contribution in [-0.2, 0) is 14.8 Å². The van der Waals surface area contributed by atoms with Gasteiger partial charge in [0.2, 0.25) is 10.0 Å². The number of halogens is 1. The summed E-state index contributed by atoms with van der Waals surface area (Å²) in [7, 11) is -3.71. The number of nitrogens with zero attached hydrogens (tertiary/aromatic N) is 1. The molecule has 2 rings (SSSR count). The monoisotopic (exact) mass is 425 g/mol. The average Bonchev–Trinajstić information content (AvgIpc) is 2.37. The number of morpholine rings is 1. The molecule has 1 fully saturated rings. The first-order valence-corrected chi connectivity index (χ1v) is 8.92. The highest BCUT2D eigenvalue weighted by atomic mass is 127. The first-order chi connectivity index (χ1) is 9.71. The Morgan fingerprint density at radius 3 is 2.43 bits per heavy atom. The fourth-order valence-electron chi connectivity index (χ4n) is 2.30. The van der Waals surface area contributed by atoms with Crippen LogP contribution in [0.5, 0.6) is 0 Å². The number of carboxylic acid groups (broad SMARTS) is 1. The smallest absolute Gasteiger partial charge is 0.336 e. The van der Waals surface area contributed by atoms with Crippen LogP contribution >= 0.6 is 22.6 Å². The van der Waals surface area contributed by atoms with Crippen molar-refractivity contribution < 1.29 is 23.1 Å². The van der Waals surface area contributed by atoms with Crippen molar-refractivity contribution in [3.8, 4) is 0 Å². The number of aromatic carboxylic acids is 1. The summed E-state index contributed by atoms with van der Waals surface area (Å²) in [4.78, 5) is 11.1. The van der Waals surface area contributed by atoms with Gasteiger partial charge in [-0.25, -0.2) is 13.2 Å². The third-order valence-electron chi connectivity index (χ3n) is 3.19. The van der Waals surface area contributed by atoms with Gasteiger partial charge >= 0.3 is 5.97 Å². The second-order valence-electron chi connectivity index (χ2n) is 5.03. The van der Waals surface area contributed by atoms with Gasteiger partial charge in [0.15, 0.2) is 0 Å². The van der Waals surface area contributed by atoms with Gasteiger partial charge in [-0.15, -0.1) is 0 Å². The van der Waals surface area contributed by atoms with Crippen LogP contribution in [0.25, 0.3) is 0 Å². The lowest BCUT2D eigenvalue weighted by atomic mass is 10.2. The first-order valence-electron chi connectivity index (χ1n) is 6.40. The summed E-state index contributed by atoms with van der Waals surface area (Å²) in [5, 5.41) is 9.12. The van der Waals surface area contributed by atoms with E-state index in [1.165, 1.54) is 22.5 Å². The average molecular weight is 425 g/mol. The Hall–Kier alpha value is -0.710. The number of ether oxygens (including phenoxy) is 1. The van der Waals surface area contributed by atoms with Gasteiger partial charge in [0.25, 0.3) is 0 Å². The second-order valence-corrected chi connectivity index (χ2v) is 8.13. The normalized spacial score (nSPS) is 24.0. The standard InChI is InChI=1S/C13H16INO5S/c1-8-6-15(7-9(2)20-8)21(18,19)10-3-4-12(14)11(5-10)13(16)17/h3-5,8-9H,6-7H2,1-2H3,(H,16,17)/t8-,9+. The first kappa shape index (κ1) is 16.7. The van der Waals surface area contributed by atoms with Crippen LogP contribution in [0.15, 0.2) is 23.1 Å². The summed E-state index contributed by atoms with van der Waals surface area (Å²) < 4.78 is 32.7. The molecular formula is C13H16INO5S. The molecule has 1 aliphatic heterocycles. The van der Waals surface area contributed by atoms with Gasteiger partial charge < -0.3 is 9.84 Å². The molecule has 116 valence electrons. The SMILES string of the molecule is C[C@@H]1CN(S(=O)(=O)c2ccc(I)c(C(=O)O)c2)C[C@H](C)O1. The summed E-state index contributed by atoms with van der Waals surface area (Å²) >= 11 is 1.87. The van der Waals surface area contributed by atoms with Crippen LogP contribution in [0, 0.1) is 3.57 Å². The molecule has 2 atom stereocenters. The number of carbonyl (C=O) groups is 1. The Labute approximate surface area is 137 Å². The van der Waals surface area contributed by atoms with Crippen LogP contribution in [0.4, 0.5) is 0 Å². The van der Waals surface area contributed by atoms with Crippen LogP contribution in [0.1, 0.15) is 24.2 Å². The highest BCUT2D eigenvalue weighted by Crippen LogP contribution is 2.24. The fraction of sp³-hybridized carbons (Fsp3) is 0.462. The van der Waals surface area contributed by atoms with E-state index in [4.69, 9.17) is 9.84 Å². The number of benzene rings is 1. The number of carboxylic acids is 1. The van der Waals surface area contributed by atoms with Gasteiger partial charge in [0.05, 0.1) is 22.7 Å². The van der Waals surface area contributed by atoms with Crippen molar-refractivity contribution in [3.63, 3.8) is 0 Å². The van der Waals surface area contributed by atoms with E-state index < -0.39 is 16.0 Å². The maximum Gasteiger partial charge on any atom is 0.336 e. The molecule has 21 heavy (non-hydrogen) atoms. The molecule has 1 aromatic rings. The molecule has 0 amide bonds. The summed E-state index contributed by atoms with van der Waals surface area (Å²) in [5.41, 5.74) is -0.00830. The molecule has 1 N–H and O–H groups in total. The van der Waals surface area contributed by atoms with Gasteiger partial charge in [0.1, 0.15) is 0 Å². The molecule has 1 heterocycles. The molecule has 0 saturated carbocycles. The molecule has 1 saturated heterocycles. The van der Waals surface area contributed by atoms with Crippen molar-refractivity contribution in [2.45, 2.75) is 31.0 Å². The molecule has 6 nitrogen and oxygen atoms in total. The van der Waals surface area contributed by atoms with Gasteiger partial charge in [-0.05, 0) is 54.6 Å². The van der Waals surface area contributed by atoms with Crippen molar-refractivity contribution in [1.29, 1.82) is 0 Å². The number of hydrogen-bond acceptors (Lipinski definition) is 4. The Bertz CT molecular complexity index is 651. The zero-order valence-corrected chi connectivity index (χ0v) is 14.6. The Kier molecular flexibility index (Phi) is 4.91. The maximum atomic E-state index is 12.6. The fourth-order valence-corrected chi connectivity index (χ4v) is 4.49. The zero-order chi connectivity index (χ0) is 15.8. The van der Waals surface area contributed by atoms with Crippen LogP contribution in [-0.4, -0.2) is 49.1 Å². The molecule has 8 heteroatoms. The summed E-state index contributed by atoms with van der Waals surface area (Å²) in [6, 6.07) is 4.16. The lowest BCUT2D eigenvalue weighted by Gasteiger charge is -2.34. The number of sulfonamides is 1. The number of hydrogen-bond donors (Lipinski definition) is 1. The van der Waals surface area contributed by atoms with Crippen LogP contribution in [0.2, 0.25) is 0 Å². The minimum atomic E-state index is -3.71. The molecule has 0 unspecified atom stereocenters. The van der Waals surface area contributed by atoms with Gasteiger partial charge in [0, 0.05) is 16.7 Å². The third-order valence-corrected chi connectivity index (χ3v) is 5.96. The predicted molar refractivity (Wildman–Crippen MR) is 84.9 cm³/mol.